The fourth-order valence-electron chi connectivity index (χ4n) is 2.92. The molecule has 0 radical (unpaired) electrons. The van der Waals surface area contributed by atoms with Crippen LogP contribution in [0.3, 0.4) is 0 Å². The molecule has 2 rings (SSSR count). The molecule has 1 saturated carbocycles. The van der Waals surface area contributed by atoms with Crippen LogP contribution in [0.2, 0.25) is 0 Å². The number of ether oxygens (including phenoxy) is 1. The molecule has 0 aromatic carbocycles. The summed E-state index contributed by atoms with van der Waals surface area (Å²) in [5.41, 5.74) is 5.63. The highest BCUT2D eigenvalue weighted by Gasteiger charge is 2.40. The first-order valence-electron chi connectivity index (χ1n) is 6.85. The monoisotopic (exact) mass is 276 g/mol. The Hall–Kier alpha value is -0.320. The molecule has 18 heavy (non-hydrogen) atoms. The second kappa shape index (κ2) is 6.73. The lowest BCUT2D eigenvalue weighted by atomic mass is 9.97. The number of rotatable bonds is 4. The summed E-state index contributed by atoms with van der Waals surface area (Å²) >= 11 is 0. The summed E-state index contributed by atoms with van der Waals surface area (Å²) < 4.78 is 5.60. The van der Waals surface area contributed by atoms with Gasteiger partial charge >= 0.3 is 0 Å². The Balaban J connectivity index is 0.00000162. The molecule has 1 unspecified atom stereocenters. The van der Waals surface area contributed by atoms with Gasteiger partial charge in [-0.1, -0.05) is 12.8 Å². The maximum absolute atomic E-state index is 12.4. The highest BCUT2D eigenvalue weighted by atomic mass is 35.5. The van der Waals surface area contributed by atoms with Crippen molar-refractivity contribution in [2.75, 3.05) is 19.7 Å². The van der Waals surface area contributed by atoms with Crippen molar-refractivity contribution in [3.05, 3.63) is 0 Å². The third-order valence-corrected chi connectivity index (χ3v) is 4.04. The van der Waals surface area contributed by atoms with Gasteiger partial charge in [-0.3, -0.25) is 4.79 Å². The number of carbonyl (C=O) groups excluding carboxylic acids is 1. The van der Waals surface area contributed by atoms with E-state index in [9.17, 15) is 4.79 Å². The molecule has 1 amide bonds. The second-order valence-corrected chi connectivity index (χ2v) is 5.34. The number of amides is 1. The van der Waals surface area contributed by atoms with Crippen LogP contribution in [0.4, 0.5) is 0 Å². The van der Waals surface area contributed by atoms with E-state index in [0.29, 0.717) is 6.54 Å². The van der Waals surface area contributed by atoms with E-state index < -0.39 is 5.54 Å². The zero-order valence-corrected chi connectivity index (χ0v) is 12.0. The van der Waals surface area contributed by atoms with Gasteiger partial charge in [0, 0.05) is 19.7 Å². The van der Waals surface area contributed by atoms with Crippen LogP contribution in [0, 0.1) is 0 Å². The molecule has 1 aliphatic heterocycles. The Bertz CT molecular complexity index is 274. The molecule has 0 aromatic rings. The van der Waals surface area contributed by atoms with Crippen molar-refractivity contribution in [2.45, 2.75) is 57.1 Å². The lowest BCUT2D eigenvalue weighted by Crippen LogP contribution is -2.54. The maximum atomic E-state index is 12.4. The van der Waals surface area contributed by atoms with E-state index in [1.54, 1.807) is 0 Å². The maximum Gasteiger partial charge on any atom is 0.242 e. The molecule has 1 saturated heterocycles. The standard InChI is InChI=1S/C13H24N2O2.ClH/c1-2-15(10-11-6-5-9-17-11)12(16)13(14)7-3-4-8-13;/h11H,2-10,14H2,1H3;1H. The number of hydrogen-bond donors (Lipinski definition) is 1. The van der Waals surface area contributed by atoms with Crippen LogP contribution in [-0.2, 0) is 9.53 Å². The van der Waals surface area contributed by atoms with Crippen LogP contribution < -0.4 is 5.73 Å². The zero-order chi connectivity index (χ0) is 12.3. The molecule has 106 valence electrons. The molecule has 1 heterocycles. The predicted molar refractivity (Wildman–Crippen MR) is 73.9 cm³/mol. The summed E-state index contributed by atoms with van der Waals surface area (Å²) in [4.78, 5) is 14.3. The van der Waals surface area contributed by atoms with Gasteiger partial charge in [-0.2, -0.15) is 0 Å². The highest BCUT2D eigenvalue weighted by Crippen LogP contribution is 2.29. The number of hydrogen-bond acceptors (Lipinski definition) is 3. The van der Waals surface area contributed by atoms with Crippen molar-refractivity contribution >= 4 is 18.3 Å². The first-order chi connectivity index (χ1) is 8.15. The van der Waals surface area contributed by atoms with Crippen molar-refractivity contribution in [3.8, 4) is 0 Å². The van der Waals surface area contributed by atoms with E-state index >= 15 is 0 Å². The summed E-state index contributed by atoms with van der Waals surface area (Å²) in [5.74, 6) is 0.132. The Morgan fingerprint density at radius 1 is 1.39 bits per heavy atom. The molecular formula is C13H25ClN2O2. The normalized spacial score (nSPS) is 25.8. The number of nitrogens with two attached hydrogens (primary N) is 1. The largest absolute Gasteiger partial charge is 0.376 e. The Morgan fingerprint density at radius 3 is 2.56 bits per heavy atom. The van der Waals surface area contributed by atoms with Gasteiger partial charge in [-0.15, -0.1) is 12.4 Å². The second-order valence-electron chi connectivity index (χ2n) is 5.34. The fourth-order valence-corrected chi connectivity index (χ4v) is 2.92. The van der Waals surface area contributed by atoms with Gasteiger partial charge in [0.2, 0.25) is 5.91 Å². The molecule has 2 N–H and O–H groups in total. The predicted octanol–water partition coefficient (Wildman–Crippen LogP) is 1.71. The minimum Gasteiger partial charge on any atom is -0.376 e. The SMILES string of the molecule is CCN(CC1CCCO1)C(=O)C1(N)CCCC1.Cl. The van der Waals surface area contributed by atoms with Gasteiger partial charge in [-0.25, -0.2) is 0 Å². The first kappa shape index (κ1) is 15.7. The first-order valence-corrected chi connectivity index (χ1v) is 6.85. The topological polar surface area (TPSA) is 55.6 Å². The molecule has 5 heteroatoms. The molecule has 2 aliphatic rings. The molecule has 2 fully saturated rings. The van der Waals surface area contributed by atoms with Gasteiger partial charge in [0.05, 0.1) is 11.6 Å². The van der Waals surface area contributed by atoms with Crippen LogP contribution in [0.25, 0.3) is 0 Å². The van der Waals surface area contributed by atoms with Crippen LogP contribution in [0.15, 0.2) is 0 Å². The van der Waals surface area contributed by atoms with Gasteiger partial charge < -0.3 is 15.4 Å². The lowest BCUT2D eigenvalue weighted by Gasteiger charge is -2.32. The van der Waals surface area contributed by atoms with Crippen molar-refractivity contribution < 1.29 is 9.53 Å². The quantitative estimate of drug-likeness (QED) is 0.850. The number of nitrogens with zero attached hydrogens (tertiary/aromatic N) is 1. The summed E-state index contributed by atoms with van der Waals surface area (Å²) in [6, 6.07) is 0. The Labute approximate surface area is 116 Å². The molecule has 1 aliphatic carbocycles. The molecule has 1 atom stereocenters. The van der Waals surface area contributed by atoms with Crippen molar-refractivity contribution in [3.63, 3.8) is 0 Å². The molecule has 0 aromatic heterocycles. The fraction of sp³-hybridized carbons (Fsp3) is 0.923. The third-order valence-electron chi connectivity index (χ3n) is 4.04. The summed E-state index contributed by atoms with van der Waals surface area (Å²) in [6.07, 6.45) is 6.26. The van der Waals surface area contributed by atoms with Gasteiger partial charge in [-0.05, 0) is 32.6 Å². The minimum absolute atomic E-state index is 0. The Morgan fingerprint density at radius 2 is 2.06 bits per heavy atom. The molecular weight excluding hydrogens is 252 g/mol. The van der Waals surface area contributed by atoms with E-state index in [1.165, 1.54) is 0 Å². The zero-order valence-electron chi connectivity index (χ0n) is 11.2. The highest BCUT2D eigenvalue weighted by molar-refractivity contribution is 5.86. The van der Waals surface area contributed by atoms with E-state index in [0.717, 1.165) is 51.7 Å². The van der Waals surface area contributed by atoms with Crippen molar-refractivity contribution in [2.24, 2.45) is 5.73 Å². The van der Waals surface area contributed by atoms with Crippen LogP contribution in [0.1, 0.15) is 45.4 Å². The summed E-state index contributed by atoms with van der Waals surface area (Å²) in [5, 5.41) is 0. The van der Waals surface area contributed by atoms with Gasteiger partial charge in [0.1, 0.15) is 0 Å². The summed E-state index contributed by atoms with van der Waals surface area (Å²) in [6.45, 7) is 4.31. The average molecular weight is 277 g/mol. The van der Waals surface area contributed by atoms with E-state index in [1.807, 2.05) is 11.8 Å². The number of carbonyl (C=O) groups is 1. The van der Waals surface area contributed by atoms with Gasteiger partial charge in [0.25, 0.3) is 0 Å². The third kappa shape index (κ3) is 3.37. The van der Waals surface area contributed by atoms with Crippen LogP contribution in [-0.4, -0.2) is 42.1 Å². The van der Waals surface area contributed by atoms with Gasteiger partial charge in [0.15, 0.2) is 0 Å². The smallest absolute Gasteiger partial charge is 0.242 e. The van der Waals surface area contributed by atoms with E-state index in [-0.39, 0.29) is 24.4 Å². The molecule has 0 spiro atoms. The van der Waals surface area contributed by atoms with E-state index in [2.05, 4.69) is 0 Å². The number of halogens is 1. The molecule has 0 bridgehead atoms. The van der Waals surface area contributed by atoms with Crippen LogP contribution >= 0.6 is 12.4 Å². The molecule has 4 nitrogen and oxygen atoms in total. The van der Waals surface area contributed by atoms with Crippen molar-refractivity contribution in [1.82, 2.24) is 4.90 Å². The summed E-state index contributed by atoms with van der Waals surface area (Å²) in [7, 11) is 0. The van der Waals surface area contributed by atoms with E-state index in [4.69, 9.17) is 10.5 Å². The Kier molecular flexibility index (Phi) is 5.89. The average Bonchev–Trinajstić information content (AvgIpc) is 2.97. The van der Waals surface area contributed by atoms with Crippen LogP contribution in [0.5, 0.6) is 0 Å². The van der Waals surface area contributed by atoms with Crippen molar-refractivity contribution in [1.29, 1.82) is 0 Å². The minimum atomic E-state index is -0.589. The lowest BCUT2D eigenvalue weighted by molar-refractivity contribution is -0.138. The number of likely N-dealkylation sites (N-methyl/N-ethyl adjacent to an activating group) is 1.